The second-order valence-electron chi connectivity index (χ2n) is 22.8. The lowest BCUT2D eigenvalue weighted by molar-refractivity contribution is -0.164. The van der Waals surface area contributed by atoms with E-state index in [1.165, 1.54) is 5.69 Å². The Morgan fingerprint density at radius 1 is 0.932 bits per heavy atom. The van der Waals surface area contributed by atoms with Crippen LogP contribution in [-0.2, 0) is 31.2 Å². The van der Waals surface area contributed by atoms with Crippen molar-refractivity contribution in [2.24, 2.45) is 23.3 Å². The molecule has 0 atom stereocenters. The predicted octanol–water partition coefficient (Wildman–Crippen LogP) is 9.22. The van der Waals surface area contributed by atoms with Gasteiger partial charge in [-0.25, -0.2) is 18.7 Å². The first kappa shape index (κ1) is 49.1. The molecular weight excluding hydrogens is 950 g/mol. The minimum absolute atomic E-state index is 0.00727. The Morgan fingerprint density at radius 2 is 1.66 bits per heavy atom. The zero-order valence-electron chi connectivity index (χ0n) is 42.7. The zero-order valence-corrected chi connectivity index (χ0v) is 43.4. The molecule has 384 valence electrons. The molecule has 0 radical (unpaired) electrons. The van der Waals surface area contributed by atoms with Gasteiger partial charge in [-0.3, -0.25) is 19.0 Å². The van der Waals surface area contributed by atoms with Crippen molar-refractivity contribution in [3.05, 3.63) is 93.7 Å². The Morgan fingerprint density at radius 3 is 2.30 bits per heavy atom. The van der Waals surface area contributed by atoms with E-state index in [0.29, 0.717) is 64.7 Å². The maximum Gasteiger partial charge on any atom is 0.264 e. The lowest BCUT2D eigenvalue weighted by Gasteiger charge is -2.63. The first-order chi connectivity index (χ1) is 34.9. The summed E-state index contributed by atoms with van der Waals surface area (Å²) in [6, 6.07) is 11.3. The van der Waals surface area contributed by atoms with Gasteiger partial charge in [0.05, 0.1) is 34.9 Å². The highest BCUT2D eigenvalue weighted by Crippen LogP contribution is 2.57. The van der Waals surface area contributed by atoms with Crippen molar-refractivity contribution < 1.29 is 23.1 Å². The largest absolute Gasteiger partial charge is 0.489 e. The first-order valence-corrected chi connectivity index (χ1v) is 26.4. The van der Waals surface area contributed by atoms with Gasteiger partial charge in [-0.15, -0.1) is 0 Å². The number of hydrogen-bond donors (Lipinski definition) is 1. The molecule has 5 aromatic rings. The number of carbonyl (C=O) groups excluding carboxylic acids is 2. The van der Waals surface area contributed by atoms with E-state index < -0.39 is 17.3 Å². The summed E-state index contributed by atoms with van der Waals surface area (Å²) in [5.74, 6) is 1.84. The minimum atomic E-state index is -2.66. The SMILES string of the molecule is CC(=O)N1CCc2c(c(N3CCCc4cc(-c5cnn(C)c5)c(C(F)F)cc43)nn2C2CC3(CCN(C4CCN(c5ncc(C(=O)NC6C(C)(C)C(Oc7ccc(C#N)c(Cl)c7)C6(C)C)cn5)CC4)CC3)C2)C1. The molecular formula is C55H65ClF2N12O3. The van der Waals surface area contributed by atoms with Crippen molar-refractivity contribution in [1.82, 2.24) is 44.6 Å². The zero-order chi connectivity index (χ0) is 51.1. The third-order valence-electron chi connectivity index (χ3n) is 17.5. The number of benzene rings is 2. The fraction of sp³-hybridized carbons (Fsp3) is 0.545. The number of nitrogens with one attached hydrogen (secondary N) is 1. The smallest absolute Gasteiger partial charge is 0.264 e. The molecule has 6 aliphatic rings. The van der Waals surface area contributed by atoms with Crippen molar-refractivity contribution in [1.29, 1.82) is 5.26 Å². The molecule has 1 spiro atoms. The van der Waals surface area contributed by atoms with E-state index in [1.807, 2.05) is 11.0 Å². The molecule has 11 rings (SSSR count). The normalized spacial score (nSPS) is 22.6. The number of nitriles is 1. The summed E-state index contributed by atoms with van der Waals surface area (Å²) in [5, 5.41) is 22.5. The van der Waals surface area contributed by atoms with Crippen LogP contribution in [0.15, 0.2) is 55.1 Å². The topological polar surface area (TPSA) is 154 Å². The second kappa shape index (κ2) is 18.7. The molecule has 0 bridgehead atoms. The quantitative estimate of drug-likeness (QED) is 0.143. The van der Waals surface area contributed by atoms with Gasteiger partial charge in [0, 0.05) is 122 Å². The van der Waals surface area contributed by atoms with E-state index in [4.69, 9.17) is 21.4 Å². The molecule has 2 saturated heterocycles. The number of ether oxygens (including phenoxy) is 1. The number of alkyl halides is 2. The van der Waals surface area contributed by atoms with Crippen molar-refractivity contribution >= 4 is 40.9 Å². The lowest BCUT2D eigenvalue weighted by atomic mass is 9.49. The number of halogens is 3. The molecule has 1 N–H and O–H groups in total. The number of likely N-dealkylation sites (tertiary alicyclic amines) is 1. The number of anilines is 3. The van der Waals surface area contributed by atoms with Crippen LogP contribution in [0, 0.1) is 27.6 Å². The maximum atomic E-state index is 14.8. The highest BCUT2D eigenvalue weighted by Gasteiger charge is 2.64. The third kappa shape index (κ3) is 8.79. The van der Waals surface area contributed by atoms with Gasteiger partial charge in [0.25, 0.3) is 12.3 Å². The number of amides is 2. The van der Waals surface area contributed by atoms with E-state index in [2.05, 4.69) is 73.5 Å². The number of piperidine rings is 2. The van der Waals surface area contributed by atoms with Gasteiger partial charge in [-0.05, 0) is 105 Å². The molecule has 73 heavy (non-hydrogen) atoms. The van der Waals surface area contributed by atoms with Crippen LogP contribution in [0.25, 0.3) is 11.1 Å². The first-order valence-electron chi connectivity index (χ1n) is 26.0. The van der Waals surface area contributed by atoms with Gasteiger partial charge >= 0.3 is 0 Å². The Bertz CT molecular complexity index is 2960. The Kier molecular flexibility index (Phi) is 12.6. The second-order valence-corrected chi connectivity index (χ2v) is 23.2. The van der Waals surface area contributed by atoms with Gasteiger partial charge in [-0.1, -0.05) is 39.3 Å². The van der Waals surface area contributed by atoms with Crippen LogP contribution >= 0.6 is 11.6 Å². The van der Waals surface area contributed by atoms with E-state index in [0.717, 1.165) is 107 Å². The monoisotopic (exact) mass is 1010 g/mol. The Hall–Kier alpha value is -6.12. The number of rotatable bonds is 10. The molecule has 4 fully saturated rings. The van der Waals surface area contributed by atoms with Crippen LogP contribution in [0.5, 0.6) is 5.75 Å². The maximum absolute atomic E-state index is 14.8. The molecule has 2 aliphatic carbocycles. The standard InChI is InChI=1S/C55H65ClF2N12O3/c1-33(71)68-19-13-45-43(32-68)48(69-16-7-8-34-22-41(37-30-62-65(6)31-37)42(47(57)58)24-46(34)69)64-70(45)39-25-55(26-39)14-20-66(21-15-55)38-11-17-67(18-12-38)52-60-28-36(29-61-52)49(72)63-50-53(2,3)51(54(50,4)5)73-40-10-9-35(27-59)44(56)23-40/h9-10,22-24,28-31,38-39,47,50-51H,7-8,11-21,25-26,32H2,1-6H3,(H,63,72). The molecule has 2 aromatic carbocycles. The summed E-state index contributed by atoms with van der Waals surface area (Å²) in [7, 11) is 1.79. The van der Waals surface area contributed by atoms with Crippen molar-refractivity contribution in [3.63, 3.8) is 0 Å². The van der Waals surface area contributed by atoms with Gasteiger partial charge in [0.2, 0.25) is 11.9 Å². The number of fused-ring (bicyclic) bond motifs is 2. The highest BCUT2D eigenvalue weighted by molar-refractivity contribution is 6.31. The minimum Gasteiger partial charge on any atom is -0.489 e. The van der Waals surface area contributed by atoms with Gasteiger partial charge in [0.15, 0.2) is 5.82 Å². The molecule has 15 nitrogen and oxygen atoms in total. The molecule has 4 aliphatic heterocycles. The van der Waals surface area contributed by atoms with E-state index >= 15 is 0 Å². The summed E-state index contributed by atoms with van der Waals surface area (Å²) >= 11 is 6.28. The van der Waals surface area contributed by atoms with Gasteiger partial charge < -0.3 is 29.7 Å². The van der Waals surface area contributed by atoms with Crippen LogP contribution < -0.4 is 19.9 Å². The number of hydrogen-bond acceptors (Lipinski definition) is 11. The van der Waals surface area contributed by atoms with Crippen LogP contribution in [0.1, 0.15) is 130 Å². The number of aromatic nitrogens is 6. The highest BCUT2D eigenvalue weighted by atomic mass is 35.5. The lowest BCUT2D eigenvalue weighted by Crippen LogP contribution is -2.74. The van der Waals surface area contributed by atoms with Gasteiger partial charge in [-0.2, -0.15) is 15.5 Å². The van der Waals surface area contributed by atoms with Crippen molar-refractivity contribution in [3.8, 4) is 22.9 Å². The summed E-state index contributed by atoms with van der Waals surface area (Å²) in [4.78, 5) is 44.6. The summed E-state index contributed by atoms with van der Waals surface area (Å²) in [6.45, 7) is 15.6. The molecule has 2 saturated carbocycles. The predicted molar refractivity (Wildman–Crippen MR) is 274 cm³/mol. The summed E-state index contributed by atoms with van der Waals surface area (Å²) < 4.78 is 39.9. The average Bonchev–Trinajstić information content (AvgIpc) is 3.99. The van der Waals surface area contributed by atoms with E-state index in [-0.39, 0.29) is 41.0 Å². The van der Waals surface area contributed by atoms with Crippen LogP contribution in [0.2, 0.25) is 5.02 Å². The third-order valence-corrected chi connectivity index (χ3v) is 17.8. The van der Waals surface area contributed by atoms with Crippen LogP contribution in [0.4, 0.5) is 26.2 Å². The van der Waals surface area contributed by atoms with E-state index in [9.17, 15) is 23.6 Å². The van der Waals surface area contributed by atoms with Crippen molar-refractivity contribution in [2.45, 2.75) is 130 Å². The molecule has 7 heterocycles. The fourth-order valence-electron chi connectivity index (χ4n) is 13.8. The fourth-order valence-corrected chi connectivity index (χ4v) is 14.0. The van der Waals surface area contributed by atoms with Crippen LogP contribution in [0.3, 0.4) is 0 Å². The molecule has 0 unspecified atom stereocenters. The molecule has 3 aromatic heterocycles. The Balaban J connectivity index is 0.696. The average molecular weight is 1020 g/mol. The number of carbonyl (C=O) groups is 2. The van der Waals surface area contributed by atoms with Crippen molar-refractivity contribution in [2.75, 3.05) is 49.1 Å². The summed E-state index contributed by atoms with van der Waals surface area (Å²) in [6.07, 6.45) is 12.7. The molecule has 2 amide bonds. The van der Waals surface area contributed by atoms with Gasteiger partial charge in [0.1, 0.15) is 17.9 Å². The van der Waals surface area contributed by atoms with Crippen LogP contribution in [-0.4, -0.2) is 109 Å². The number of nitrogens with zero attached hydrogens (tertiary/aromatic N) is 11. The van der Waals surface area contributed by atoms with E-state index in [1.54, 1.807) is 67.7 Å². The Labute approximate surface area is 430 Å². The summed E-state index contributed by atoms with van der Waals surface area (Å²) in [5.41, 5.74) is 5.52. The molecule has 18 heteroatoms. The number of aryl methyl sites for hydroxylation is 2.